The topological polar surface area (TPSA) is 52.2 Å². The average Bonchev–Trinajstić information content (AvgIpc) is 2.35. The van der Waals surface area contributed by atoms with Crippen LogP contribution >= 0.6 is 11.6 Å². The van der Waals surface area contributed by atoms with E-state index in [4.69, 9.17) is 11.6 Å². The van der Waals surface area contributed by atoms with Gasteiger partial charge in [-0.2, -0.15) is 0 Å². The lowest BCUT2D eigenvalue weighted by Gasteiger charge is -2.32. The van der Waals surface area contributed by atoms with Crippen molar-refractivity contribution in [2.45, 2.75) is 12.8 Å². The Morgan fingerprint density at radius 1 is 1.56 bits per heavy atom. The molecule has 0 saturated carbocycles. The molecule has 1 aliphatic heterocycles. The maximum absolute atomic E-state index is 11.4. The summed E-state index contributed by atoms with van der Waals surface area (Å²) in [5.74, 6) is 1.21. The number of piperidine rings is 1. The van der Waals surface area contributed by atoms with Gasteiger partial charge in [-0.15, -0.1) is 0 Å². The molecule has 100 valence electrons. The predicted octanol–water partition coefficient (Wildman–Crippen LogP) is 1.20. The number of likely N-dealkylation sites (tertiary alicyclic amines) is 1. The second-order valence-electron chi connectivity index (χ2n) is 5.00. The third kappa shape index (κ3) is 3.03. The van der Waals surface area contributed by atoms with E-state index in [0.717, 1.165) is 19.6 Å². The normalized spacial score (nSPS) is 17.9. The number of halogens is 1. The van der Waals surface area contributed by atoms with E-state index in [9.17, 15) is 4.79 Å². The second kappa shape index (κ2) is 5.71. The Morgan fingerprint density at radius 3 is 2.89 bits per heavy atom. The molecule has 0 aliphatic carbocycles. The first-order valence-electron chi connectivity index (χ1n) is 6.21. The summed E-state index contributed by atoms with van der Waals surface area (Å²) in [6, 6.07) is 0. The van der Waals surface area contributed by atoms with Crippen molar-refractivity contribution in [3.05, 3.63) is 21.7 Å². The van der Waals surface area contributed by atoms with Crippen LogP contribution < -0.4 is 10.5 Å². The number of nitrogens with zero attached hydrogens (tertiary/aromatic N) is 3. The van der Waals surface area contributed by atoms with Gasteiger partial charge < -0.3 is 14.8 Å². The summed E-state index contributed by atoms with van der Waals surface area (Å²) in [5, 5.41) is 0.174. The number of H-pyrrole nitrogens is 1. The quantitative estimate of drug-likeness (QED) is 0.897. The number of hydrogen-bond donors (Lipinski definition) is 1. The van der Waals surface area contributed by atoms with E-state index in [0.29, 0.717) is 11.7 Å². The van der Waals surface area contributed by atoms with Gasteiger partial charge in [0.25, 0.3) is 5.56 Å². The lowest BCUT2D eigenvalue weighted by Crippen LogP contribution is -2.36. The van der Waals surface area contributed by atoms with Crippen LogP contribution in [0.5, 0.6) is 0 Å². The fourth-order valence-corrected chi connectivity index (χ4v) is 2.61. The molecule has 1 saturated heterocycles. The number of aromatic amines is 1. The third-order valence-corrected chi connectivity index (χ3v) is 3.85. The van der Waals surface area contributed by atoms with E-state index in [-0.39, 0.29) is 10.6 Å². The fraction of sp³-hybridized carbons (Fsp3) is 0.667. The minimum Gasteiger partial charge on any atom is -0.358 e. The molecule has 0 bridgehead atoms. The highest BCUT2D eigenvalue weighted by molar-refractivity contribution is 6.32. The van der Waals surface area contributed by atoms with Crippen molar-refractivity contribution in [2.24, 2.45) is 5.92 Å². The van der Waals surface area contributed by atoms with Crippen molar-refractivity contribution >= 4 is 17.4 Å². The van der Waals surface area contributed by atoms with Gasteiger partial charge >= 0.3 is 0 Å². The molecule has 0 aromatic carbocycles. The lowest BCUT2D eigenvalue weighted by atomic mass is 9.97. The van der Waals surface area contributed by atoms with Gasteiger partial charge in [0.05, 0.1) is 6.33 Å². The highest BCUT2D eigenvalue weighted by Crippen LogP contribution is 2.22. The molecule has 0 radical (unpaired) electrons. The standard InChI is InChI=1S/C12H19ClN4O/c1-16-5-3-9(4-6-16)7-17(2)11-10(13)12(18)15-8-14-11/h8-9H,3-7H2,1-2H3,(H,14,15,18). The molecular formula is C12H19ClN4O. The number of anilines is 1. The van der Waals surface area contributed by atoms with Gasteiger partial charge in [0.1, 0.15) is 5.02 Å². The van der Waals surface area contributed by atoms with Crippen molar-refractivity contribution in [1.82, 2.24) is 14.9 Å². The van der Waals surface area contributed by atoms with E-state index in [1.54, 1.807) is 0 Å². The number of nitrogens with one attached hydrogen (secondary N) is 1. The first-order chi connectivity index (χ1) is 8.58. The number of aromatic nitrogens is 2. The molecular weight excluding hydrogens is 252 g/mol. The zero-order valence-corrected chi connectivity index (χ0v) is 11.6. The molecule has 2 heterocycles. The van der Waals surface area contributed by atoms with E-state index in [1.165, 1.54) is 19.2 Å². The fourth-order valence-electron chi connectivity index (χ4n) is 2.36. The Morgan fingerprint density at radius 2 is 2.22 bits per heavy atom. The zero-order valence-electron chi connectivity index (χ0n) is 10.8. The summed E-state index contributed by atoms with van der Waals surface area (Å²) in [5.41, 5.74) is -0.281. The van der Waals surface area contributed by atoms with Gasteiger partial charge in [0.2, 0.25) is 0 Å². The minimum atomic E-state index is -0.281. The molecule has 1 N–H and O–H groups in total. The molecule has 2 rings (SSSR count). The van der Waals surface area contributed by atoms with Gasteiger partial charge in [-0.05, 0) is 38.9 Å². The molecule has 5 nitrogen and oxygen atoms in total. The van der Waals surface area contributed by atoms with E-state index in [2.05, 4.69) is 21.9 Å². The molecule has 1 aromatic rings. The van der Waals surface area contributed by atoms with E-state index < -0.39 is 0 Å². The smallest absolute Gasteiger partial charge is 0.271 e. The third-order valence-electron chi connectivity index (χ3n) is 3.51. The molecule has 1 aliphatic rings. The molecule has 1 aromatic heterocycles. The Kier molecular flexibility index (Phi) is 4.24. The van der Waals surface area contributed by atoms with Crippen LogP contribution in [0.25, 0.3) is 0 Å². The first kappa shape index (κ1) is 13.4. The van der Waals surface area contributed by atoms with E-state index in [1.807, 2.05) is 11.9 Å². The van der Waals surface area contributed by atoms with Crippen molar-refractivity contribution in [3.63, 3.8) is 0 Å². The molecule has 0 unspecified atom stereocenters. The van der Waals surface area contributed by atoms with Crippen LogP contribution in [-0.2, 0) is 0 Å². The van der Waals surface area contributed by atoms with Crippen LogP contribution in [-0.4, -0.2) is 48.6 Å². The molecule has 0 spiro atoms. The van der Waals surface area contributed by atoms with Crippen molar-refractivity contribution in [3.8, 4) is 0 Å². The highest BCUT2D eigenvalue weighted by atomic mass is 35.5. The van der Waals surface area contributed by atoms with Crippen LogP contribution in [0.3, 0.4) is 0 Å². The van der Waals surface area contributed by atoms with Gasteiger partial charge in [0.15, 0.2) is 5.82 Å². The first-order valence-corrected chi connectivity index (χ1v) is 6.58. The monoisotopic (exact) mass is 270 g/mol. The molecule has 1 fully saturated rings. The van der Waals surface area contributed by atoms with Gasteiger partial charge in [-0.25, -0.2) is 4.98 Å². The second-order valence-corrected chi connectivity index (χ2v) is 5.37. The summed E-state index contributed by atoms with van der Waals surface area (Å²) < 4.78 is 0. The summed E-state index contributed by atoms with van der Waals surface area (Å²) in [6.07, 6.45) is 3.76. The van der Waals surface area contributed by atoms with Crippen LogP contribution in [0.1, 0.15) is 12.8 Å². The van der Waals surface area contributed by atoms with Crippen molar-refractivity contribution in [2.75, 3.05) is 38.6 Å². The van der Waals surface area contributed by atoms with Crippen molar-refractivity contribution in [1.29, 1.82) is 0 Å². The summed E-state index contributed by atoms with van der Waals surface area (Å²) in [6.45, 7) is 3.16. The average molecular weight is 271 g/mol. The van der Waals surface area contributed by atoms with Gasteiger partial charge in [-0.1, -0.05) is 11.6 Å². The Balaban J connectivity index is 2.01. The molecule has 6 heteroatoms. The van der Waals surface area contributed by atoms with Gasteiger partial charge in [-0.3, -0.25) is 4.79 Å². The van der Waals surface area contributed by atoms with Crippen molar-refractivity contribution < 1.29 is 0 Å². The predicted molar refractivity (Wildman–Crippen MR) is 73.4 cm³/mol. The highest BCUT2D eigenvalue weighted by Gasteiger charge is 2.20. The van der Waals surface area contributed by atoms with Gasteiger partial charge in [0, 0.05) is 13.6 Å². The van der Waals surface area contributed by atoms with Crippen LogP contribution in [0.2, 0.25) is 5.02 Å². The molecule has 18 heavy (non-hydrogen) atoms. The number of rotatable bonds is 3. The maximum Gasteiger partial charge on any atom is 0.271 e. The maximum atomic E-state index is 11.4. The van der Waals surface area contributed by atoms with Crippen LogP contribution in [0, 0.1) is 5.92 Å². The largest absolute Gasteiger partial charge is 0.358 e. The summed E-state index contributed by atoms with van der Waals surface area (Å²) in [7, 11) is 4.08. The zero-order chi connectivity index (χ0) is 13.1. The molecule has 0 atom stereocenters. The Bertz CT molecular complexity index is 454. The number of hydrogen-bond acceptors (Lipinski definition) is 4. The Labute approximate surface area is 112 Å². The van der Waals surface area contributed by atoms with E-state index >= 15 is 0 Å². The lowest BCUT2D eigenvalue weighted by molar-refractivity contribution is 0.222. The summed E-state index contributed by atoms with van der Waals surface area (Å²) >= 11 is 5.97. The molecule has 0 amide bonds. The van der Waals surface area contributed by atoms with Crippen LogP contribution in [0.4, 0.5) is 5.82 Å². The van der Waals surface area contributed by atoms with Crippen LogP contribution in [0.15, 0.2) is 11.1 Å². The minimum absolute atomic E-state index is 0.174. The SMILES string of the molecule is CN1CCC(CN(C)c2nc[nH]c(=O)c2Cl)CC1. The Hall–Kier alpha value is -1.07. The summed E-state index contributed by atoms with van der Waals surface area (Å²) in [4.78, 5) is 22.4.